The molecule has 2 aromatic heterocycles. The molecule has 0 aliphatic carbocycles. The number of hydrogen-bond donors (Lipinski definition) is 1. The van der Waals surface area contributed by atoms with E-state index in [2.05, 4.69) is 15.4 Å². The molecule has 0 fully saturated rings. The lowest BCUT2D eigenvalue weighted by molar-refractivity contribution is 0.464. The summed E-state index contributed by atoms with van der Waals surface area (Å²) < 4.78 is 1.40. The third kappa shape index (κ3) is 3.58. The lowest BCUT2D eigenvalue weighted by Gasteiger charge is -2.11. The molecule has 0 unspecified atom stereocenters. The Bertz CT molecular complexity index is 650. The molecule has 7 heteroatoms. The van der Waals surface area contributed by atoms with Crippen LogP contribution in [0.3, 0.4) is 0 Å². The Labute approximate surface area is 126 Å². The van der Waals surface area contributed by atoms with E-state index in [0.29, 0.717) is 24.7 Å². The van der Waals surface area contributed by atoms with Gasteiger partial charge in [-0.15, -0.1) is 11.3 Å². The molecule has 0 amide bonds. The molecule has 108 valence electrons. The number of rotatable bonds is 5. The van der Waals surface area contributed by atoms with Crippen molar-refractivity contribution in [2.45, 2.75) is 33.9 Å². The highest BCUT2D eigenvalue weighted by molar-refractivity contribution is 7.11. The first-order valence-electron chi connectivity index (χ1n) is 6.38. The van der Waals surface area contributed by atoms with Crippen molar-refractivity contribution in [3.05, 3.63) is 37.7 Å². The van der Waals surface area contributed by atoms with E-state index < -0.39 is 0 Å². The molecule has 0 saturated heterocycles. The van der Waals surface area contributed by atoms with Gasteiger partial charge in [0.1, 0.15) is 5.02 Å². The minimum atomic E-state index is -0.258. The highest BCUT2D eigenvalue weighted by Gasteiger charge is 2.10. The zero-order valence-electron chi connectivity index (χ0n) is 11.7. The van der Waals surface area contributed by atoms with Gasteiger partial charge in [0.25, 0.3) is 5.56 Å². The monoisotopic (exact) mass is 312 g/mol. The van der Waals surface area contributed by atoms with Crippen molar-refractivity contribution in [2.75, 3.05) is 5.32 Å². The van der Waals surface area contributed by atoms with E-state index in [0.717, 1.165) is 9.88 Å². The van der Waals surface area contributed by atoms with Gasteiger partial charge in [-0.3, -0.25) is 4.79 Å². The van der Waals surface area contributed by atoms with Crippen LogP contribution in [-0.2, 0) is 13.1 Å². The maximum absolute atomic E-state index is 12.1. The van der Waals surface area contributed by atoms with E-state index in [9.17, 15) is 4.79 Å². The molecule has 2 heterocycles. The third-order valence-corrected chi connectivity index (χ3v) is 3.92. The minimum Gasteiger partial charge on any atom is -0.377 e. The Kier molecular flexibility index (Phi) is 4.77. The van der Waals surface area contributed by atoms with Gasteiger partial charge < -0.3 is 5.32 Å². The van der Waals surface area contributed by atoms with Crippen LogP contribution in [0, 0.1) is 12.8 Å². The van der Waals surface area contributed by atoms with E-state index in [1.165, 1.54) is 4.68 Å². The maximum atomic E-state index is 12.1. The molecular weight excluding hydrogens is 296 g/mol. The molecule has 2 rings (SSSR count). The number of aromatic nitrogens is 3. The molecule has 0 atom stereocenters. The van der Waals surface area contributed by atoms with Crippen LogP contribution < -0.4 is 10.9 Å². The standard InChI is InChI=1S/C13H17ClN4OS/c1-8(2)7-18-13(19)12(14)11(6-17-18)16-5-10-4-15-9(3)20-10/h4,6,8,16H,5,7H2,1-3H3. The second kappa shape index (κ2) is 6.37. The Hall–Kier alpha value is -1.40. The van der Waals surface area contributed by atoms with Crippen LogP contribution in [0.1, 0.15) is 23.7 Å². The molecule has 20 heavy (non-hydrogen) atoms. The summed E-state index contributed by atoms with van der Waals surface area (Å²) in [5.41, 5.74) is 0.300. The fourth-order valence-electron chi connectivity index (χ4n) is 1.73. The van der Waals surface area contributed by atoms with E-state index in [1.54, 1.807) is 17.5 Å². The molecule has 0 spiro atoms. The number of halogens is 1. The van der Waals surface area contributed by atoms with E-state index >= 15 is 0 Å². The summed E-state index contributed by atoms with van der Waals surface area (Å²) in [5.74, 6) is 0.343. The zero-order chi connectivity index (χ0) is 14.7. The largest absolute Gasteiger partial charge is 0.377 e. The van der Waals surface area contributed by atoms with Crippen molar-refractivity contribution >= 4 is 28.6 Å². The maximum Gasteiger partial charge on any atom is 0.287 e. The Morgan fingerprint density at radius 2 is 2.20 bits per heavy atom. The summed E-state index contributed by atoms with van der Waals surface area (Å²) in [6.07, 6.45) is 3.41. The third-order valence-electron chi connectivity index (χ3n) is 2.65. The second-order valence-corrected chi connectivity index (χ2v) is 6.65. The quantitative estimate of drug-likeness (QED) is 0.922. The molecule has 5 nitrogen and oxygen atoms in total. The normalized spacial score (nSPS) is 11.1. The molecule has 1 N–H and O–H groups in total. The SMILES string of the molecule is Cc1ncc(CNc2cnn(CC(C)C)c(=O)c2Cl)s1. The molecule has 0 bridgehead atoms. The fourth-order valence-corrected chi connectivity index (χ4v) is 2.68. The molecule has 0 aliphatic rings. The molecular formula is C13H17ClN4OS. The Morgan fingerprint density at radius 3 is 2.80 bits per heavy atom. The Balaban J connectivity index is 2.13. The number of hydrogen-bond acceptors (Lipinski definition) is 5. The van der Waals surface area contributed by atoms with Crippen LogP contribution in [0.4, 0.5) is 5.69 Å². The first-order chi connectivity index (χ1) is 9.47. The van der Waals surface area contributed by atoms with Gasteiger partial charge in [-0.05, 0) is 12.8 Å². The van der Waals surface area contributed by atoms with Crippen molar-refractivity contribution in [3.63, 3.8) is 0 Å². The highest BCUT2D eigenvalue weighted by atomic mass is 35.5. The molecule has 0 saturated carbocycles. The van der Waals surface area contributed by atoms with Crippen molar-refractivity contribution < 1.29 is 0 Å². The highest BCUT2D eigenvalue weighted by Crippen LogP contribution is 2.18. The van der Waals surface area contributed by atoms with Gasteiger partial charge >= 0.3 is 0 Å². The average molecular weight is 313 g/mol. The van der Waals surface area contributed by atoms with Crippen molar-refractivity contribution in [1.82, 2.24) is 14.8 Å². The van der Waals surface area contributed by atoms with E-state index in [1.807, 2.05) is 27.0 Å². The molecule has 2 aromatic rings. The lowest BCUT2D eigenvalue weighted by atomic mass is 10.2. The van der Waals surface area contributed by atoms with Crippen LogP contribution >= 0.6 is 22.9 Å². The average Bonchev–Trinajstić information content (AvgIpc) is 2.79. The van der Waals surface area contributed by atoms with Gasteiger partial charge in [0.2, 0.25) is 0 Å². The minimum absolute atomic E-state index is 0.182. The number of aryl methyl sites for hydroxylation is 1. The van der Waals surface area contributed by atoms with Crippen LogP contribution in [0.15, 0.2) is 17.2 Å². The van der Waals surface area contributed by atoms with Gasteiger partial charge in [-0.1, -0.05) is 25.4 Å². The van der Waals surface area contributed by atoms with Gasteiger partial charge in [-0.25, -0.2) is 9.67 Å². The van der Waals surface area contributed by atoms with Crippen LogP contribution in [0.25, 0.3) is 0 Å². The number of nitrogens with one attached hydrogen (secondary N) is 1. The predicted molar refractivity (Wildman–Crippen MR) is 82.5 cm³/mol. The van der Waals surface area contributed by atoms with Crippen LogP contribution in [0.5, 0.6) is 0 Å². The summed E-state index contributed by atoms with van der Waals surface area (Å²) >= 11 is 7.71. The van der Waals surface area contributed by atoms with E-state index in [4.69, 9.17) is 11.6 Å². The van der Waals surface area contributed by atoms with Gasteiger partial charge in [0, 0.05) is 17.6 Å². The first kappa shape index (κ1) is 15.0. The summed E-state index contributed by atoms with van der Waals surface area (Å²) in [6, 6.07) is 0. The van der Waals surface area contributed by atoms with Crippen LogP contribution in [0.2, 0.25) is 5.02 Å². The zero-order valence-corrected chi connectivity index (χ0v) is 13.3. The van der Waals surface area contributed by atoms with Crippen molar-refractivity contribution in [1.29, 1.82) is 0 Å². The number of thiazole rings is 1. The summed E-state index contributed by atoms with van der Waals surface area (Å²) in [5, 5.41) is 8.46. The fraction of sp³-hybridized carbons (Fsp3) is 0.462. The smallest absolute Gasteiger partial charge is 0.287 e. The molecule has 0 aliphatic heterocycles. The van der Waals surface area contributed by atoms with Crippen LogP contribution in [-0.4, -0.2) is 14.8 Å². The van der Waals surface area contributed by atoms with E-state index in [-0.39, 0.29) is 10.6 Å². The summed E-state index contributed by atoms with van der Waals surface area (Å²) in [4.78, 5) is 17.3. The lowest BCUT2D eigenvalue weighted by Crippen LogP contribution is -2.26. The van der Waals surface area contributed by atoms with Crippen molar-refractivity contribution in [2.24, 2.45) is 5.92 Å². The van der Waals surface area contributed by atoms with Gasteiger partial charge in [0.05, 0.1) is 23.4 Å². The summed E-state index contributed by atoms with van der Waals surface area (Å²) in [7, 11) is 0. The Morgan fingerprint density at radius 1 is 1.45 bits per heavy atom. The predicted octanol–water partition coefficient (Wildman–Crippen LogP) is 2.93. The summed E-state index contributed by atoms with van der Waals surface area (Å²) in [6.45, 7) is 7.16. The van der Waals surface area contributed by atoms with Crippen molar-refractivity contribution in [3.8, 4) is 0 Å². The first-order valence-corrected chi connectivity index (χ1v) is 7.57. The molecule has 0 aromatic carbocycles. The number of anilines is 1. The molecule has 0 radical (unpaired) electrons. The second-order valence-electron chi connectivity index (χ2n) is 4.95. The van der Waals surface area contributed by atoms with Gasteiger partial charge in [-0.2, -0.15) is 5.10 Å². The van der Waals surface area contributed by atoms with Gasteiger partial charge in [0.15, 0.2) is 0 Å². The number of nitrogens with zero attached hydrogens (tertiary/aromatic N) is 3. The topological polar surface area (TPSA) is 59.8 Å².